The van der Waals surface area contributed by atoms with Gasteiger partial charge in [-0.1, -0.05) is 12.1 Å². The van der Waals surface area contributed by atoms with Crippen molar-refractivity contribution < 1.29 is 17.6 Å². The molecule has 1 fully saturated rings. The fraction of sp³-hybridized carbons (Fsp3) is 0.538. The van der Waals surface area contributed by atoms with Gasteiger partial charge in [-0.05, 0) is 31.0 Å². The van der Waals surface area contributed by atoms with Crippen LogP contribution in [0.5, 0.6) is 0 Å². The first kappa shape index (κ1) is 14.1. The second-order valence-electron chi connectivity index (χ2n) is 4.93. The molecule has 19 heavy (non-hydrogen) atoms. The lowest BCUT2D eigenvalue weighted by molar-refractivity contribution is -0.187. The molecule has 0 aromatic heterocycles. The van der Waals surface area contributed by atoms with Gasteiger partial charge in [0.2, 0.25) is 0 Å². The average molecular weight is 276 g/mol. The smallest absolute Gasteiger partial charge is 0.393 e. The Hall–Kier alpha value is -1.30. The van der Waals surface area contributed by atoms with E-state index >= 15 is 0 Å². The van der Waals surface area contributed by atoms with Crippen LogP contribution < -0.4 is 5.73 Å². The molecule has 1 aliphatic heterocycles. The summed E-state index contributed by atoms with van der Waals surface area (Å²) in [7, 11) is 0. The molecule has 0 radical (unpaired) electrons. The van der Waals surface area contributed by atoms with Crippen molar-refractivity contribution in [2.24, 2.45) is 5.92 Å². The van der Waals surface area contributed by atoms with Crippen molar-refractivity contribution in [1.29, 1.82) is 0 Å². The molecular formula is C13H16F4N2. The van der Waals surface area contributed by atoms with E-state index in [-0.39, 0.29) is 25.2 Å². The Morgan fingerprint density at radius 3 is 2.74 bits per heavy atom. The van der Waals surface area contributed by atoms with Crippen LogP contribution in [0.25, 0.3) is 0 Å². The zero-order valence-electron chi connectivity index (χ0n) is 10.4. The Balaban J connectivity index is 2.05. The van der Waals surface area contributed by atoms with E-state index in [1.807, 2.05) is 0 Å². The van der Waals surface area contributed by atoms with Gasteiger partial charge in [-0.3, -0.25) is 4.90 Å². The molecule has 106 valence electrons. The molecule has 0 saturated carbocycles. The molecule has 2 rings (SSSR count). The number of benzene rings is 1. The normalized spacial score (nSPS) is 21.6. The van der Waals surface area contributed by atoms with Crippen LogP contribution in [0, 0.1) is 11.7 Å². The average Bonchev–Trinajstić information content (AvgIpc) is 2.34. The van der Waals surface area contributed by atoms with Crippen LogP contribution in [0.2, 0.25) is 0 Å². The highest BCUT2D eigenvalue weighted by Crippen LogP contribution is 2.33. The van der Waals surface area contributed by atoms with Gasteiger partial charge in [0.1, 0.15) is 5.82 Å². The topological polar surface area (TPSA) is 29.3 Å². The first-order valence-electron chi connectivity index (χ1n) is 6.20. The number of nitrogens with two attached hydrogens (primary N) is 1. The van der Waals surface area contributed by atoms with Gasteiger partial charge < -0.3 is 5.73 Å². The van der Waals surface area contributed by atoms with Crippen molar-refractivity contribution in [2.45, 2.75) is 25.6 Å². The number of piperidine rings is 1. The quantitative estimate of drug-likeness (QED) is 0.664. The molecule has 2 N–H and O–H groups in total. The van der Waals surface area contributed by atoms with Gasteiger partial charge in [0, 0.05) is 13.1 Å². The summed E-state index contributed by atoms with van der Waals surface area (Å²) in [6.07, 6.45) is -3.50. The summed E-state index contributed by atoms with van der Waals surface area (Å²) >= 11 is 0. The van der Waals surface area contributed by atoms with Crippen molar-refractivity contribution >= 4 is 5.69 Å². The molecule has 1 atom stereocenters. The van der Waals surface area contributed by atoms with Crippen molar-refractivity contribution in [3.63, 3.8) is 0 Å². The van der Waals surface area contributed by atoms with E-state index in [1.54, 1.807) is 11.0 Å². The lowest BCUT2D eigenvalue weighted by Gasteiger charge is -2.33. The van der Waals surface area contributed by atoms with Crippen LogP contribution >= 0.6 is 0 Å². The van der Waals surface area contributed by atoms with Gasteiger partial charge in [-0.25, -0.2) is 4.39 Å². The van der Waals surface area contributed by atoms with Gasteiger partial charge in [-0.15, -0.1) is 0 Å². The predicted molar refractivity (Wildman–Crippen MR) is 64.9 cm³/mol. The highest BCUT2D eigenvalue weighted by atomic mass is 19.4. The van der Waals surface area contributed by atoms with Gasteiger partial charge in [-0.2, -0.15) is 13.2 Å². The molecule has 1 aromatic rings. The summed E-state index contributed by atoms with van der Waals surface area (Å²) in [5.74, 6) is -1.82. The molecule has 1 aliphatic rings. The van der Waals surface area contributed by atoms with Crippen LogP contribution in [0.15, 0.2) is 18.2 Å². The second-order valence-corrected chi connectivity index (χ2v) is 4.93. The zero-order valence-corrected chi connectivity index (χ0v) is 10.4. The molecule has 0 amide bonds. The van der Waals surface area contributed by atoms with Crippen LogP contribution in [0.1, 0.15) is 18.4 Å². The molecule has 1 aromatic carbocycles. The van der Waals surface area contributed by atoms with E-state index in [4.69, 9.17) is 5.73 Å². The van der Waals surface area contributed by atoms with E-state index < -0.39 is 17.9 Å². The maximum Gasteiger partial charge on any atom is 0.393 e. The minimum Gasteiger partial charge on any atom is -0.396 e. The fourth-order valence-corrected chi connectivity index (χ4v) is 2.43. The number of para-hydroxylation sites is 1. The molecule has 0 bridgehead atoms. The molecule has 0 spiro atoms. The van der Waals surface area contributed by atoms with Gasteiger partial charge in [0.15, 0.2) is 0 Å². The van der Waals surface area contributed by atoms with Gasteiger partial charge in [0.25, 0.3) is 0 Å². The Kier molecular flexibility index (Phi) is 3.99. The van der Waals surface area contributed by atoms with Crippen molar-refractivity contribution in [1.82, 2.24) is 4.90 Å². The number of hydrogen-bond donors (Lipinski definition) is 1. The van der Waals surface area contributed by atoms with E-state index in [1.165, 1.54) is 12.1 Å². The van der Waals surface area contributed by atoms with Crippen LogP contribution in [0.3, 0.4) is 0 Å². The van der Waals surface area contributed by atoms with Crippen LogP contribution in [-0.2, 0) is 6.54 Å². The molecule has 6 heteroatoms. The number of anilines is 1. The van der Waals surface area contributed by atoms with Crippen LogP contribution in [-0.4, -0.2) is 24.2 Å². The molecule has 0 aliphatic carbocycles. The Bertz CT molecular complexity index is 445. The summed E-state index contributed by atoms with van der Waals surface area (Å²) in [6, 6.07) is 4.41. The summed E-state index contributed by atoms with van der Waals surface area (Å²) in [5, 5.41) is 0. The number of alkyl halides is 3. The van der Waals surface area contributed by atoms with Gasteiger partial charge in [0.05, 0.1) is 11.6 Å². The third kappa shape index (κ3) is 3.37. The Labute approximate surface area is 109 Å². The largest absolute Gasteiger partial charge is 0.396 e. The first-order chi connectivity index (χ1) is 8.88. The molecule has 1 unspecified atom stereocenters. The van der Waals surface area contributed by atoms with Gasteiger partial charge >= 0.3 is 6.18 Å². The third-order valence-corrected chi connectivity index (χ3v) is 3.51. The molecule has 1 heterocycles. The number of halogens is 4. The summed E-state index contributed by atoms with van der Waals surface area (Å²) in [6.45, 7) is 0.804. The highest BCUT2D eigenvalue weighted by molar-refractivity contribution is 5.47. The van der Waals surface area contributed by atoms with E-state index in [2.05, 4.69) is 0 Å². The molecule has 1 saturated heterocycles. The third-order valence-electron chi connectivity index (χ3n) is 3.51. The Morgan fingerprint density at radius 1 is 1.32 bits per heavy atom. The Morgan fingerprint density at radius 2 is 2.05 bits per heavy atom. The molecular weight excluding hydrogens is 260 g/mol. The lowest BCUT2D eigenvalue weighted by Crippen LogP contribution is -2.41. The highest BCUT2D eigenvalue weighted by Gasteiger charge is 2.41. The summed E-state index contributed by atoms with van der Waals surface area (Å²) in [5.41, 5.74) is 6.17. The monoisotopic (exact) mass is 276 g/mol. The van der Waals surface area contributed by atoms with E-state index in [0.29, 0.717) is 18.5 Å². The zero-order chi connectivity index (χ0) is 14.0. The SMILES string of the molecule is Nc1c(F)cccc1CN1CCCC(C(F)(F)F)C1. The lowest BCUT2D eigenvalue weighted by atomic mass is 9.97. The standard InChI is InChI=1S/C13H16F4N2/c14-11-5-1-3-9(12(11)18)7-19-6-2-4-10(8-19)13(15,16)17/h1,3,5,10H,2,4,6-8,18H2. The summed E-state index contributed by atoms with van der Waals surface area (Å²) in [4.78, 5) is 1.69. The number of nitrogen functional groups attached to an aromatic ring is 1. The minimum atomic E-state index is -4.16. The maximum atomic E-state index is 13.3. The predicted octanol–water partition coefficient (Wildman–Crippen LogP) is 3.18. The van der Waals surface area contributed by atoms with Crippen molar-refractivity contribution in [2.75, 3.05) is 18.8 Å². The first-order valence-corrected chi connectivity index (χ1v) is 6.20. The number of likely N-dealkylation sites (tertiary alicyclic amines) is 1. The van der Waals surface area contributed by atoms with E-state index in [0.717, 1.165) is 0 Å². The summed E-state index contributed by atoms with van der Waals surface area (Å²) < 4.78 is 51.3. The van der Waals surface area contributed by atoms with Crippen LogP contribution in [0.4, 0.5) is 23.2 Å². The second kappa shape index (κ2) is 5.36. The maximum absolute atomic E-state index is 13.3. The fourth-order valence-electron chi connectivity index (χ4n) is 2.43. The minimum absolute atomic E-state index is 0.0247. The van der Waals surface area contributed by atoms with E-state index in [9.17, 15) is 17.6 Å². The number of rotatable bonds is 2. The number of hydrogen-bond acceptors (Lipinski definition) is 2. The van der Waals surface area contributed by atoms with Crippen molar-refractivity contribution in [3.8, 4) is 0 Å². The molecule has 2 nitrogen and oxygen atoms in total. The van der Waals surface area contributed by atoms with Crippen molar-refractivity contribution in [3.05, 3.63) is 29.6 Å². The number of nitrogens with zero attached hydrogens (tertiary/aromatic N) is 1.